The van der Waals surface area contributed by atoms with Gasteiger partial charge in [0.2, 0.25) is 5.56 Å². The molecular weight excluding hydrogens is 164 g/mol. The zero-order valence-corrected chi connectivity index (χ0v) is 7.79. The minimum Gasteiger partial charge on any atom is -0.329 e. The molecule has 3 heteroatoms. The van der Waals surface area contributed by atoms with Crippen molar-refractivity contribution in [2.75, 3.05) is 6.54 Å². The summed E-state index contributed by atoms with van der Waals surface area (Å²) in [5.74, 6) is 0. The van der Waals surface area contributed by atoms with Gasteiger partial charge >= 0.3 is 0 Å². The molecule has 70 valence electrons. The van der Waals surface area contributed by atoms with Crippen LogP contribution in [0.4, 0.5) is 0 Å². The van der Waals surface area contributed by atoms with Crippen LogP contribution in [0.15, 0.2) is 23.1 Å². The fourth-order valence-corrected chi connectivity index (χ4v) is 1.58. The first kappa shape index (κ1) is 8.51. The van der Waals surface area contributed by atoms with Crippen molar-refractivity contribution >= 4 is 0 Å². The van der Waals surface area contributed by atoms with Crippen LogP contribution in [0.5, 0.6) is 0 Å². The lowest BCUT2D eigenvalue weighted by Gasteiger charge is -2.38. The van der Waals surface area contributed by atoms with Gasteiger partial charge in [-0.05, 0) is 18.9 Å². The van der Waals surface area contributed by atoms with Crippen LogP contribution in [-0.2, 0) is 6.54 Å². The van der Waals surface area contributed by atoms with Crippen molar-refractivity contribution in [3.05, 3.63) is 34.2 Å². The van der Waals surface area contributed by atoms with Crippen molar-refractivity contribution in [2.24, 2.45) is 0 Å². The molecule has 1 aromatic heterocycles. The molecule has 1 aliphatic rings. The number of aromatic nitrogens is 1. The number of H-pyrrole nitrogens is 1. The molecule has 0 aliphatic carbocycles. The molecular formula is C10H14N2O. The molecule has 1 aromatic rings. The largest absolute Gasteiger partial charge is 0.329 e. The molecule has 3 nitrogen and oxygen atoms in total. The molecule has 0 aromatic carbocycles. The molecule has 1 aliphatic heterocycles. The third-order valence-electron chi connectivity index (χ3n) is 2.69. The van der Waals surface area contributed by atoms with Gasteiger partial charge in [0, 0.05) is 31.4 Å². The monoisotopic (exact) mass is 178 g/mol. The maximum atomic E-state index is 10.8. The van der Waals surface area contributed by atoms with E-state index in [4.69, 9.17) is 0 Å². The summed E-state index contributed by atoms with van der Waals surface area (Å²) in [6.07, 6.45) is 3.09. The van der Waals surface area contributed by atoms with Crippen molar-refractivity contribution < 1.29 is 0 Å². The Bertz CT molecular complexity index is 325. The van der Waals surface area contributed by atoms with E-state index >= 15 is 0 Å². The molecule has 1 atom stereocenters. The minimum atomic E-state index is -0.0274. The highest BCUT2D eigenvalue weighted by molar-refractivity contribution is 5.09. The number of likely N-dealkylation sites (tertiary alicyclic amines) is 1. The summed E-state index contributed by atoms with van der Waals surface area (Å²) < 4.78 is 0. The first-order valence-corrected chi connectivity index (χ1v) is 4.67. The highest BCUT2D eigenvalue weighted by atomic mass is 16.1. The van der Waals surface area contributed by atoms with E-state index in [1.165, 1.54) is 18.5 Å². The van der Waals surface area contributed by atoms with E-state index in [9.17, 15) is 4.79 Å². The zero-order valence-electron chi connectivity index (χ0n) is 7.79. The van der Waals surface area contributed by atoms with Crippen LogP contribution in [0.1, 0.15) is 18.9 Å². The highest BCUT2D eigenvalue weighted by Gasteiger charge is 2.22. The Hall–Kier alpha value is -1.09. The predicted molar refractivity (Wildman–Crippen MR) is 51.6 cm³/mol. The van der Waals surface area contributed by atoms with Crippen LogP contribution in [0.25, 0.3) is 0 Å². The van der Waals surface area contributed by atoms with Crippen molar-refractivity contribution in [1.29, 1.82) is 0 Å². The van der Waals surface area contributed by atoms with Gasteiger partial charge in [0.15, 0.2) is 0 Å². The summed E-state index contributed by atoms with van der Waals surface area (Å²) in [4.78, 5) is 15.9. The molecule has 1 saturated heterocycles. The van der Waals surface area contributed by atoms with E-state index in [1.54, 1.807) is 12.3 Å². The lowest BCUT2D eigenvalue weighted by molar-refractivity contribution is 0.0958. The summed E-state index contributed by atoms with van der Waals surface area (Å²) in [7, 11) is 0. The molecule has 0 amide bonds. The number of nitrogens with one attached hydrogen (secondary N) is 1. The van der Waals surface area contributed by atoms with E-state index < -0.39 is 0 Å². The van der Waals surface area contributed by atoms with Gasteiger partial charge in [-0.15, -0.1) is 0 Å². The standard InChI is InChI=1S/C10H14N2O/c1-8-4-5-12(8)7-9-2-3-10(13)11-6-9/h2-3,6,8H,4-5,7H2,1H3,(H,11,13). The summed E-state index contributed by atoms with van der Waals surface area (Å²) in [5.41, 5.74) is 1.16. The maximum Gasteiger partial charge on any atom is 0.247 e. The maximum absolute atomic E-state index is 10.8. The summed E-state index contributed by atoms with van der Waals surface area (Å²) in [5, 5.41) is 0. The first-order chi connectivity index (χ1) is 6.25. The number of hydrogen-bond donors (Lipinski definition) is 1. The first-order valence-electron chi connectivity index (χ1n) is 4.67. The topological polar surface area (TPSA) is 36.1 Å². The fraction of sp³-hybridized carbons (Fsp3) is 0.500. The van der Waals surface area contributed by atoms with E-state index in [2.05, 4.69) is 16.8 Å². The number of hydrogen-bond acceptors (Lipinski definition) is 2. The third kappa shape index (κ3) is 1.80. The summed E-state index contributed by atoms with van der Waals surface area (Å²) in [6, 6.07) is 4.18. The Morgan fingerprint density at radius 2 is 2.46 bits per heavy atom. The van der Waals surface area contributed by atoms with Crippen LogP contribution in [0, 0.1) is 0 Å². The zero-order chi connectivity index (χ0) is 9.26. The van der Waals surface area contributed by atoms with Gasteiger partial charge in [0.1, 0.15) is 0 Å². The molecule has 1 unspecified atom stereocenters. The summed E-state index contributed by atoms with van der Waals surface area (Å²) >= 11 is 0. The SMILES string of the molecule is CC1CCN1Cc1ccc(=O)[nH]c1. The molecule has 13 heavy (non-hydrogen) atoms. The van der Waals surface area contributed by atoms with Gasteiger partial charge in [0.05, 0.1) is 0 Å². The number of rotatable bonds is 2. The van der Waals surface area contributed by atoms with Gasteiger partial charge in [-0.3, -0.25) is 9.69 Å². The number of aromatic amines is 1. The second kappa shape index (κ2) is 3.34. The van der Waals surface area contributed by atoms with Gasteiger partial charge in [-0.2, -0.15) is 0 Å². The molecule has 0 radical (unpaired) electrons. The quantitative estimate of drug-likeness (QED) is 0.732. The predicted octanol–water partition coefficient (Wildman–Crippen LogP) is 0.969. The lowest BCUT2D eigenvalue weighted by atomic mass is 10.0. The Morgan fingerprint density at radius 1 is 1.62 bits per heavy atom. The van der Waals surface area contributed by atoms with Gasteiger partial charge in [0.25, 0.3) is 0 Å². The average Bonchev–Trinajstić information content (AvgIpc) is 2.15. The highest BCUT2D eigenvalue weighted by Crippen LogP contribution is 2.18. The molecule has 2 heterocycles. The molecule has 0 saturated carbocycles. The van der Waals surface area contributed by atoms with E-state index in [0.29, 0.717) is 6.04 Å². The van der Waals surface area contributed by atoms with Crippen LogP contribution < -0.4 is 5.56 Å². The van der Waals surface area contributed by atoms with E-state index in [1.807, 2.05) is 6.07 Å². The van der Waals surface area contributed by atoms with Crippen LogP contribution in [0.2, 0.25) is 0 Å². The van der Waals surface area contributed by atoms with E-state index in [0.717, 1.165) is 6.54 Å². The van der Waals surface area contributed by atoms with E-state index in [-0.39, 0.29) is 5.56 Å². The van der Waals surface area contributed by atoms with Crippen molar-refractivity contribution in [3.8, 4) is 0 Å². The van der Waals surface area contributed by atoms with Crippen LogP contribution >= 0.6 is 0 Å². The molecule has 1 fully saturated rings. The molecule has 0 spiro atoms. The normalized spacial score (nSPS) is 22.7. The van der Waals surface area contributed by atoms with Gasteiger partial charge in [-0.1, -0.05) is 6.07 Å². The van der Waals surface area contributed by atoms with Gasteiger partial charge < -0.3 is 4.98 Å². The van der Waals surface area contributed by atoms with Gasteiger partial charge in [-0.25, -0.2) is 0 Å². The minimum absolute atomic E-state index is 0.0274. The van der Waals surface area contributed by atoms with Crippen molar-refractivity contribution in [2.45, 2.75) is 25.9 Å². The molecule has 1 N–H and O–H groups in total. The fourth-order valence-electron chi connectivity index (χ4n) is 1.58. The van der Waals surface area contributed by atoms with Crippen molar-refractivity contribution in [1.82, 2.24) is 9.88 Å². The second-order valence-electron chi connectivity index (χ2n) is 3.67. The Kier molecular flexibility index (Phi) is 2.19. The van der Waals surface area contributed by atoms with Crippen molar-refractivity contribution in [3.63, 3.8) is 0 Å². The van der Waals surface area contributed by atoms with Crippen LogP contribution in [0.3, 0.4) is 0 Å². The number of nitrogens with zero attached hydrogens (tertiary/aromatic N) is 1. The smallest absolute Gasteiger partial charge is 0.247 e. The molecule has 0 bridgehead atoms. The summed E-state index contributed by atoms with van der Waals surface area (Å²) in [6.45, 7) is 4.37. The van der Waals surface area contributed by atoms with Crippen LogP contribution in [-0.4, -0.2) is 22.5 Å². The number of pyridine rings is 1. The Balaban J connectivity index is 2.01. The lowest BCUT2D eigenvalue weighted by Crippen LogP contribution is -2.44. The third-order valence-corrected chi connectivity index (χ3v) is 2.69. The Labute approximate surface area is 77.4 Å². The average molecular weight is 178 g/mol. The Morgan fingerprint density at radius 3 is 2.92 bits per heavy atom. The molecule has 2 rings (SSSR count). The second-order valence-corrected chi connectivity index (χ2v) is 3.67.